The van der Waals surface area contributed by atoms with Crippen LogP contribution < -0.4 is 0 Å². The van der Waals surface area contributed by atoms with Gasteiger partial charge >= 0.3 is 5.97 Å². The topological polar surface area (TPSA) is 39.2 Å². The number of hydrogen-bond donors (Lipinski definition) is 0. The fourth-order valence-electron chi connectivity index (χ4n) is 1.32. The van der Waals surface area contributed by atoms with Gasteiger partial charge in [0, 0.05) is 11.1 Å². The predicted molar refractivity (Wildman–Crippen MR) is 73.1 cm³/mol. The Hall–Kier alpha value is -1.09. The Morgan fingerprint density at radius 3 is 2.50 bits per heavy atom. The highest BCUT2D eigenvalue weighted by atomic mass is 35.5. The third kappa shape index (κ3) is 4.30. The SMILES string of the molecule is CC(C)COC(=O)c1cc(Cl)nc(C(C)(C)C)c1. The molecule has 0 radical (unpaired) electrons. The quantitative estimate of drug-likeness (QED) is 0.618. The summed E-state index contributed by atoms with van der Waals surface area (Å²) in [6.45, 7) is 10.5. The first-order valence-electron chi connectivity index (χ1n) is 6.05. The van der Waals surface area contributed by atoms with Crippen LogP contribution in [0.2, 0.25) is 5.15 Å². The van der Waals surface area contributed by atoms with Gasteiger partial charge in [-0.25, -0.2) is 9.78 Å². The molecule has 0 atom stereocenters. The number of hydrogen-bond acceptors (Lipinski definition) is 3. The zero-order valence-corrected chi connectivity index (χ0v) is 12.3. The summed E-state index contributed by atoms with van der Waals surface area (Å²) in [6, 6.07) is 3.29. The van der Waals surface area contributed by atoms with Crippen LogP contribution >= 0.6 is 11.6 Å². The lowest BCUT2D eigenvalue weighted by atomic mass is 9.91. The molecule has 0 aromatic carbocycles. The average Bonchev–Trinajstić information content (AvgIpc) is 2.23. The molecule has 100 valence electrons. The van der Waals surface area contributed by atoms with E-state index in [0.717, 1.165) is 5.69 Å². The minimum absolute atomic E-state index is 0.155. The van der Waals surface area contributed by atoms with Gasteiger partial charge in [-0.3, -0.25) is 0 Å². The van der Waals surface area contributed by atoms with Crippen LogP contribution in [0.25, 0.3) is 0 Å². The Balaban J connectivity index is 2.96. The molecule has 0 aliphatic carbocycles. The van der Waals surface area contributed by atoms with E-state index in [4.69, 9.17) is 16.3 Å². The summed E-state index contributed by atoms with van der Waals surface area (Å²) in [4.78, 5) is 16.1. The first-order valence-corrected chi connectivity index (χ1v) is 6.43. The number of aromatic nitrogens is 1. The van der Waals surface area contributed by atoms with Crippen molar-refractivity contribution in [3.63, 3.8) is 0 Å². The second-order valence-electron chi connectivity index (χ2n) is 5.81. The van der Waals surface area contributed by atoms with Crippen LogP contribution in [0.5, 0.6) is 0 Å². The number of esters is 1. The van der Waals surface area contributed by atoms with Crippen LogP contribution in [0.15, 0.2) is 12.1 Å². The monoisotopic (exact) mass is 269 g/mol. The number of nitrogens with zero attached hydrogens (tertiary/aromatic N) is 1. The maximum Gasteiger partial charge on any atom is 0.338 e. The first-order chi connectivity index (χ1) is 8.20. The van der Waals surface area contributed by atoms with Gasteiger partial charge in [0.25, 0.3) is 0 Å². The minimum Gasteiger partial charge on any atom is -0.462 e. The van der Waals surface area contributed by atoms with E-state index in [0.29, 0.717) is 23.2 Å². The molecule has 4 heteroatoms. The number of carbonyl (C=O) groups excluding carboxylic acids is 1. The van der Waals surface area contributed by atoms with E-state index in [9.17, 15) is 4.79 Å². The molecule has 0 bridgehead atoms. The standard InChI is InChI=1S/C14H20ClNO2/c1-9(2)8-18-13(17)10-6-11(14(3,4)5)16-12(15)7-10/h6-7,9H,8H2,1-5H3. The summed E-state index contributed by atoms with van der Waals surface area (Å²) < 4.78 is 5.19. The molecule has 0 N–H and O–H groups in total. The molecular formula is C14H20ClNO2. The molecule has 0 fully saturated rings. The van der Waals surface area contributed by atoms with Crippen molar-refractivity contribution >= 4 is 17.6 Å². The largest absolute Gasteiger partial charge is 0.462 e. The zero-order valence-electron chi connectivity index (χ0n) is 11.6. The molecule has 1 aromatic heterocycles. The van der Waals surface area contributed by atoms with Crippen LogP contribution in [-0.2, 0) is 10.2 Å². The molecule has 0 saturated heterocycles. The summed E-state index contributed by atoms with van der Waals surface area (Å²) in [7, 11) is 0. The van der Waals surface area contributed by atoms with Crippen LogP contribution in [0.3, 0.4) is 0 Å². The van der Waals surface area contributed by atoms with Crippen LogP contribution in [-0.4, -0.2) is 17.6 Å². The van der Waals surface area contributed by atoms with Crippen molar-refractivity contribution in [2.24, 2.45) is 5.92 Å². The molecule has 0 amide bonds. The smallest absolute Gasteiger partial charge is 0.338 e. The Labute approximate surface area is 114 Å². The average molecular weight is 270 g/mol. The maximum atomic E-state index is 11.9. The van der Waals surface area contributed by atoms with E-state index in [1.54, 1.807) is 12.1 Å². The van der Waals surface area contributed by atoms with E-state index >= 15 is 0 Å². The lowest BCUT2D eigenvalue weighted by molar-refractivity contribution is 0.0458. The number of carbonyl (C=O) groups is 1. The van der Waals surface area contributed by atoms with Crippen LogP contribution in [0.1, 0.15) is 50.7 Å². The molecule has 0 unspecified atom stereocenters. The third-order valence-electron chi connectivity index (χ3n) is 2.35. The van der Waals surface area contributed by atoms with Gasteiger partial charge in [0.2, 0.25) is 0 Å². The molecular weight excluding hydrogens is 250 g/mol. The summed E-state index contributed by atoms with van der Waals surface area (Å²) in [6.07, 6.45) is 0. The van der Waals surface area contributed by atoms with Gasteiger partial charge in [-0.1, -0.05) is 46.2 Å². The van der Waals surface area contributed by atoms with Crippen molar-refractivity contribution < 1.29 is 9.53 Å². The predicted octanol–water partition coefficient (Wildman–Crippen LogP) is 3.85. The van der Waals surface area contributed by atoms with Gasteiger partial charge in [-0.05, 0) is 18.1 Å². The van der Waals surface area contributed by atoms with Crippen LogP contribution in [0, 0.1) is 5.92 Å². The first kappa shape index (κ1) is 15.0. The van der Waals surface area contributed by atoms with Crippen molar-refractivity contribution in [1.29, 1.82) is 0 Å². The zero-order chi connectivity index (χ0) is 13.9. The van der Waals surface area contributed by atoms with Gasteiger partial charge in [-0.15, -0.1) is 0 Å². The Bertz CT molecular complexity index is 436. The Morgan fingerprint density at radius 2 is 2.00 bits per heavy atom. The maximum absolute atomic E-state index is 11.9. The number of ether oxygens (including phenoxy) is 1. The van der Waals surface area contributed by atoms with Crippen molar-refractivity contribution in [3.8, 4) is 0 Å². The number of rotatable bonds is 3. The molecule has 0 spiro atoms. The van der Waals surface area contributed by atoms with Gasteiger partial charge in [0.1, 0.15) is 5.15 Å². The minimum atomic E-state index is -0.349. The van der Waals surface area contributed by atoms with Gasteiger partial charge in [-0.2, -0.15) is 0 Å². The molecule has 1 aromatic rings. The highest BCUT2D eigenvalue weighted by Crippen LogP contribution is 2.23. The lowest BCUT2D eigenvalue weighted by Gasteiger charge is -2.18. The van der Waals surface area contributed by atoms with Crippen molar-refractivity contribution in [1.82, 2.24) is 4.98 Å². The second kappa shape index (κ2) is 5.70. The van der Waals surface area contributed by atoms with Gasteiger partial charge in [0.15, 0.2) is 0 Å². The van der Waals surface area contributed by atoms with Crippen molar-refractivity contribution in [3.05, 3.63) is 28.5 Å². The van der Waals surface area contributed by atoms with E-state index in [2.05, 4.69) is 4.98 Å². The third-order valence-corrected chi connectivity index (χ3v) is 2.54. The van der Waals surface area contributed by atoms with Crippen molar-refractivity contribution in [2.75, 3.05) is 6.61 Å². The molecule has 1 heterocycles. The number of pyridine rings is 1. The van der Waals surface area contributed by atoms with Gasteiger partial charge < -0.3 is 4.74 Å². The summed E-state index contributed by atoms with van der Waals surface area (Å²) in [5, 5.41) is 0.318. The van der Waals surface area contributed by atoms with E-state index in [1.807, 2.05) is 34.6 Å². The van der Waals surface area contributed by atoms with Gasteiger partial charge in [0.05, 0.1) is 12.2 Å². The normalized spacial score (nSPS) is 11.7. The Morgan fingerprint density at radius 1 is 1.39 bits per heavy atom. The molecule has 3 nitrogen and oxygen atoms in total. The molecule has 1 rings (SSSR count). The van der Waals surface area contributed by atoms with Crippen molar-refractivity contribution in [2.45, 2.75) is 40.0 Å². The molecule has 0 saturated carbocycles. The van der Waals surface area contributed by atoms with E-state index in [-0.39, 0.29) is 11.4 Å². The highest BCUT2D eigenvalue weighted by Gasteiger charge is 2.19. The summed E-state index contributed by atoms with van der Waals surface area (Å²) >= 11 is 5.94. The Kier molecular flexibility index (Phi) is 4.74. The second-order valence-corrected chi connectivity index (χ2v) is 6.19. The number of halogens is 1. The summed E-state index contributed by atoms with van der Waals surface area (Å²) in [5.74, 6) is -0.0353. The van der Waals surface area contributed by atoms with E-state index in [1.165, 1.54) is 0 Å². The molecule has 0 aliphatic heterocycles. The van der Waals surface area contributed by atoms with E-state index < -0.39 is 0 Å². The summed E-state index contributed by atoms with van der Waals surface area (Å²) in [5.41, 5.74) is 1.09. The molecule has 0 aliphatic rings. The highest BCUT2D eigenvalue weighted by molar-refractivity contribution is 6.29. The molecule has 18 heavy (non-hydrogen) atoms. The van der Waals surface area contributed by atoms with Crippen LogP contribution in [0.4, 0.5) is 0 Å². The fraction of sp³-hybridized carbons (Fsp3) is 0.571. The fourth-order valence-corrected chi connectivity index (χ4v) is 1.53. The lowest BCUT2D eigenvalue weighted by Crippen LogP contribution is -2.16.